The van der Waals surface area contributed by atoms with Crippen molar-refractivity contribution in [3.63, 3.8) is 0 Å². The first kappa shape index (κ1) is 24.0. The topological polar surface area (TPSA) is 102 Å². The van der Waals surface area contributed by atoms with Crippen LogP contribution in [-0.2, 0) is 19.6 Å². The Bertz CT molecular complexity index is 1100. The van der Waals surface area contributed by atoms with Crippen LogP contribution in [0.3, 0.4) is 0 Å². The molecular formula is C22H25ClN2O6S. The molecule has 1 fully saturated rings. The monoisotopic (exact) mass is 480 g/mol. The number of nitrogens with one attached hydrogen (secondary N) is 1. The summed E-state index contributed by atoms with van der Waals surface area (Å²) >= 11 is 6.12. The van der Waals surface area contributed by atoms with Crippen LogP contribution in [0.15, 0.2) is 47.4 Å². The molecule has 2 aromatic carbocycles. The van der Waals surface area contributed by atoms with Crippen molar-refractivity contribution in [3.05, 3.63) is 53.1 Å². The van der Waals surface area contributed by atoms with Gasteiger partial charge in [-0.2, -0.15) is 4.31 Å². The average Bonchev–Trinajstić information content (AvgIpc) is 3.31. The fourth-order valence-electron chi connectivity index (χ4n) is 3.26. The van der Waals surface area contributed by atoms with Gasteiger partial charge in [0.25, 0.3) is 5.91 Å². The molecular weight excluding hydrogens is 456 g/mol. The van der Waals surface area contributed by atoms with Crippen molar-refractivity contribution in [3.8, 4) is 5.75 Å². The van der Waals surface area contributed by atoms with Crippen molar-refractivity contribution in [2.45, 2.75) is 37.7 Å². The zero-order chi connectivity index (χ0) is 23.3. The van der Waals surface area contributed by atoms with Gasteiger partial charge in [0.15, 0.2) is 6.10 Å². The highest BCUT2D eigenvalue weighted by Gasteiger charge is 2.29. The van der Waals surface area contributed by atoms with Crippen molar-refractivity contribution in [1.82, 2.24) is 4.31 Å². The lowest BCUT2D eigenvalue weighted by atomic mass is 10.2. The largest absolute Gasteiger partial charge is 0.492 e. The van der Waals surface area contributed by atoms with E-state index in [1.54, 1.807) is 24.3 Å². The maximum absolute atomic E-state index is 12.8. The van der Waals surface area contributed by atoms with E-state index in [4.69, 9.17) is 21.1 Å². The number of carbonyl (C=O) groups is 2. The summed E-state index contributed by atoms with van der Waals surface area (Å²) in [7, 11) is -3.73. The molecule has 1 amide bonds. The first-order valence-corrected chi connectivity index (χ1v) is 12.1. The molecule has 0 spiro atoms. The third-order valence-electron chi connectivity index (χ3n) is 4.96. The Kier molecular flexibility index (Phi) is 7.76. The van der Waals surface area contributed by atoms with Crippen LogP contribution in [0.5, 0.6) is 5.75 Å². The smallest absolute Gasteiger partial charge is 0.340 e. The fraction of sp³-hybridized carbons (Fsp3) is 0.364. The molecule has 1 atom stereocenters. The third-order valence-corrected chi connectivity index (χ3v) is 7.18. The molecule has 32 heavy (non-hydrogen) atoms. The van der Waals surface area contributed by atoms with Crippen LogP contribution in [-0.4, -0.2) is 50.4 Å². The van der Waals surface area contributed by atoms with Gasteiger partial charge in [0, 0.05) is 13.1 Å². The summed E-state index contributed by atoms with van der Waals surface area (Å²) < 4.78 is 37.7. The molecule has 10 heteroatoms. The van der Waals surface area contributed by atoms with Crippen LogP contribution in [0, 0.1) is 0 Å². The number of benzene rings is 2. The number of nitrogens with zero attached hydrogens (tertiary/aromatic N) is 1. The maximum Gasteiger partial charge on any atom is 0.340 e. The average molecular weight is 481 g/mol. The molecule has 3 rings (SSSR count). The zero-order valence-corrected chi connectivity index (χ0v) is 19.4. The molecule has 0 radical (unpaired) electrons. The highest BCUT2D eigenvalue weighted by molar-refractivity contribution is 7.89. The Morgan fingerprint density at radius 3 is 2.53 bits per heavy atom. The van der Waals surface area contributed by atoms with Gasteiger partial charge >= 0.3 is 5.97 Å². The Balaban J connectivity index is 1.73. The van der Waals surface area contributed by atoms with Crippen LogP contribution >= 0.6 is 11.6 Å². The van der Waals surface area contributed by atoms with Crippen molar-refractivity contribution in [1.29, 1.82) is 0 Å². The standard InChI is InChI=1S/C22H25ClN2O6S/c1-3-30-20-9-5-4-8-19(20)24-21(26)15(2)31-22(27)17-14-16(10-11-18(17)23)32(28,29)25-12-6-7-13-25/h4-5,8-11,14-15H,3,6-7,12-13H2,1-2H3,(H,24,26). The minimum absolute atomic E-state index is 0.0321. The maximum atomic E-state index is 12.8. The van der Waals surface area contributed by atoms with Crippen molar-refractivity contribution < 1.29 is 27.5 Å². The number of hydrogen-bond acceptors (Lipinski definition) is 6. The van der Waals surface area contributed by atoms with Gasteiger partial charge in [-0.1, -0.05) is 23.7 Å². The molecule has 1 unspecified atom stereocenters. The lowest BCUT2D eigenvalue weighted by Crippen LogP contribution is -2.30. The molecule has 0 bridgehead atoms. The lowest BCUT2D eigenvalue weighted by Gasteiger charge is -2.18. The van der Waals surface area contributed by atoms with E-state index >= 15 is 0 Å². The van der Waals surface area contributed by atoms with E-state index in [0.29, 0.717) is 31.1 Å². The molecule has 2 aromatic rings. The van der Waals surface area contributed by atoms with Gasteiger partial charge in [0.05, 0.1) is 27.8 Å². The minimum Gasteiger partial charge on any atom is -0.492 e. The predicted molar refractivity (Wildman–Crippen MR) is 121 cm³/mol. The van der Waals surface area contributed by atoms with E-state index in [2.05, 4.69) is 5.32 Å². The molecule has 8 nitrogen and oxygen atoms in total. The van der Waals surface area contributed by atoms with E-state index in [9.17, 15) is 18.0 Å². The van der Waals surface area contributed by atoms with Crippen LogP contribution in [0.1, 0.15) is 37.0 Å². The minimum atomic E-state index is -3.73. The summed E-state index contributed by atoms with van der Waals surface area (Å²) in [6.45, 7) is 4.53. The summed E-state index contributed by atoms with van der Waals surface area (Å²) in [5.74, 6) is -0.971. The Hall–Kier alpha value is -2.62. The molecule has 0 saturated carbocycles. The Morgan fingerprint density at radius 2 is 1.84 bits per heavy atom. The van der Waals surface area contributed by atoms with E-state index in [-0.39, 0.29) is 15.5 Å². The van der Waals surface area contributed by atoms with E-state index in [0.717, 1.165) is 12.8 Å². The second-order valence-corrected chi connectivity index (χ2v) is 9.56. The molecule has 1 aliphatic heterocycles. The molecule has 0 aliphatic carbocycles. The van der Waals surface area contributed by atoms with Gasteiger partial charge in [0.2, 0.25) is 10.0 Å². The molecule has 0 aromatic heterocycles. The van der Waals surface area contributed by atoms with Crippen molar-refractivity contribution in [2.24, 2.45) is 0 Å². The number of esters is 1. The number of sulfonamides is 1. The van der Waals surface area contributed by atoms with E-state index in [1.165, 1.54) is 29.4 Å². The van der Waals surface area contributed by atoms with Crippen LogP contribution in [0.2, 0.25) is 5.02 Å². The lowest BCUT2D eigenvalue weighted by molar-refractivity contribution is -0.123. The Labute approximate surface area is 192 Å². The number of para-hydroxylation sites is 2. The van der Waals surface area contributed by atoms with Gasteiger partial charge in [-0.3, -0.25) is 4.79 Å². The van der Waals surface area contributed by atoms with Crippen LogP contribution in [0.4, 0.5) is 5.69 Å². The van der Waals surface area contributed by atoms with E-state index in [1.807, 2.05) is 6.92 Å². The quantitative estimate of drug-likeness (QED) is 0.578. The number of amides is 1. The predicted octanol–water partition coefficient (Wildman–Crippen LogP) is 3.71. The zero-order valence-electron chi connectivity index (χ0n) is 17.8. The summed E-state index contributed by atoms with van der Waals surface area (Å²) in [4.78, 5) is 25.2. The first-order valence-electron chi connectivity index (χ1n) is 10.3. The third kappa shape index (κ3) is 5.40. The molecule has 1 aliphatic rings. The Morgan fingerprint density at radius 1 is 1.16 bits per heavy atom. The van der Waals surface area contributed by atoms with Crippen LogP contribution in [0.25, 0.3) is 0 Å². The summed E-state index contributed by atoms with van der Waals surface area (Å²) in [5.41, 5.74) is 0.320. The fourth-order valence-corrected chi connectivity index (χ4v) is 5.00. The summed E-state index contributed by atoms with van der Waals surface area (Å²) in [6, 6.07) is 10.8. The number of carbonyl (C=O) groups excluding carboxylic acids is 2. The second-order valence-electron chi connectivity index (χ2n) is 7.22. The van der Waals surface area contributed by atoms with Gasteiger partial charge in [-0.15, -0.1) is 0 Å². The molecule has 172 valence electrons. The van der Waals surface area contributed by atoms with Gasteiger partial charge < -0.3 is 14.8 Å². The SMILES string of the molecule is CCOc1ccccc1NC(=O)C(C)OC(=O)c1cc(S(=O)(=O)N2CCCC2)ccc1Cl. The highest BCUT2D eigenvalue weighted by atomic mass is 35.5. The van der Waals surface area contributed by atoms with Gasteiger partial charge in [-0.05, 0) is 57.0 Å². The van der Waals surface area contributed by atoms with E-state index < -0.39 is 28.0 Å². The van der Waals surface area contributed by atoms with Crippen molar-refractivity contribution in [2.75, 3.05) is 25.0 Å². The second kappa shape index (κ2) is 10.3. The number of rotatable bonds is 8. The molecule has 1 N–H and O–H groups in total. The van der Waals surface area contributed by atoms with Crippen LogP contribution < -0.4 is 10.1 Å². The molecule has 1 heterocycles. The highest BCUT2D eigenvalue weighted by Crippen LogP contribution is 2.27. The number of halogens is 1. The number of anilines is 1. The van der Waals surface area contributed by atoms with Crippen molar-refractivity contribution >= 4 is 39.2 Å². The molecule has 1 saturated heterocycles. The first-order chi connectivity index (χ1) is 15.2. The normalized spacial score (nSPS) is 15.2. The van der Waals surface area contributed by atoms with Gasteiger partial charge in [0.1, 0.15) is 5.75 Å². The summed E-state index contributed by atoms with van der Waals surface area (Å²) in [5, 5.41) is 2.69. The summed E-state index contributed by atoms with van der Waals surface area (Å²) in [6.07, 6.45) is 0.425. The van der Waals surface area contributed by atoms with Gasteiger partial charge in [-0.25, -0.2) is 13.2 Å². The number of ether oxygens (including phenoxy) is 2. The number of hydrogen-bond donors (Lipinski definition) is 1.